The Labute approximate surface area is 108 Å². The van der Waals surface area contributed by atoms with Gasteiger partial charge in [-0.1, -0.05) is 12.1 Å². The third kappa shape index (κ3) is 5.56. The minimum absolute atomic E-state index is 0. The Hall–Kier alpha value is -1.26. The summed E-state index contributed by atoms with van der Waals surface area (Å²) in [5.74, 6) is 0.664. The van der Waals surface area contributed by atoms with Gasteiger partial charge in [-0.2, -0.15) is 0 Å². The highest BCUT2D eigenvalue weighted by Crippen LogP contribution is 2.12. The van der Waals surface area contributed by atoms with Gasteiger partial charge in [-0.15, -0.1) is 12.4 Å². The van der Waals surface area contributed by atoms with Gasteiger partial charge < -0.3 is 15.8 Å². The molecule has 17 heavy (non-hydrogen) atoms. The van der Waals surface area contributed by atoms with Crippen molar-refractivity contribution in [3.63, 3.8) is 0 Å². The number of benzene rings is 1. The standard InChI is InChI=1S/C12H18N2O2.ClH/c1-3-16-11-6-4-5-10(7-11)8-14-12(15)9(2)13;/h4-7,9H,3,8,13H2,1-2H3,(H,14,15);1H/t9-;/m1./s1. The first-order valence-corrected chi connectivity index (χ1v) is 5.38. The van der Waals surface area contributed by atoms with Crippen LogP contribution in [-0.4, -0.2) is 18.6 Å². The van der Waals surface area contributed by atoms with Crippen LogP contribution in [0.4, 0.5) is 0 Å². The zero-order chi connectivity index (χ0) is 12.0. The monoisotopic (exact) mass is 258 g/mol. The van der Waals surface area contributed by atoms with Gasteiger partial charge in [-0.25, -0.2) is 0 Å². The number of rotatable bonds is 5. The van der Waals surface area contributed by atoms with Crippen LogP contribution >= 0.6 is 12.4 Å². The second-order valence-corrected chi connectivity index (χ2v) is 3.59. The molecule has 3 N–H and O–H groups in total. The van der Waals surface area contributed by atoms with E-state index in [1.165, 1.54) is 0 Å². The summed E-state index contributed by atoms with van der Waals surface area (Å²) in [6.07, 6.45) is 0. The molecule has 1 aromatic rings. The summed E-state index contributed by atoms with van der Waals surface area (Å²) in [4.78, 5) is 11.3. The van der Waals surface area contributed by atoms with Gasteiger partial charge >= 0.3 is 0 Å². The van der Waals surface area contributed by atoms with E-state index in [-0.39, 0.29) is 18.3 Å². The van der Waals surface area contributed by atoms with E-state index in [9.17, 15) is 4.79 Å². The number of ether oxygens (including phenoxy) is 1. The number of halogens is 1. The fourth-order valence-electron chi connectivity index (χ4n) is 1.26. The number of carbonyl (C=O) groups is 1. The molecule has 0 heterocycles. The molecule has 1 rings (SSSR count). The summed E-state index contributed by atoms with van der Waals surface area (Å²) in [5.41, 5.74) is 6.44. The Balaban J connectivity index is 0.00000256. The summed E-state index contributed by atoms with van der Waals surface area (Å²) in [6, 6.07) is 7.16. The van der Waals surface area contributed by atoms with Gasteiger partial charge in [0.15, 0.2) is 0 Å². The van der Waals surface area contributed by atoms with Crippen molar-refractivity contribution in [3.8, 4) is 5.75 Å². The molecule has 0 bridgehead atoms. The molecule has 1 atom stereocenters. The molecular formula is C12H19ClN2O2. The fourth-order valence-corrected chi connectivity index (χ4v) is 1.26. The molecule has 0 aliphatic rings. The summed E-state index contributed by atoms with van der Waals surface area (Å²) >= 11 is 0. The fraction of sp³-hybridized carbons (Fsp3) is 0.417. The van der Waals surface area contributed by atoms with Crippen molar-refractivity contribution in [1.29, 1.82) is 0 Å². The predicted octanol–water partition coefficient (Wildman–Crippen LogP) is 1.47. The van der Waals surface area contributed by atoms with Gasteiger partial charge in [-0.3, -0.25) is 4.79 Å². The lowest BCUT2D eigenvalue weighted by Crippen LogP contribution is -2.37. The van der Waals surface area contributed by atoms with Crippen LogP contribution in [0.3, 0.4) is 0 Å². The average molecular weight is 259 g/mol. The molecule has 0 aromatic heterocycles. The van der Waals surface area contributed by atoms with Crippen LogP contribution in [0.25, 0.3) is 0 Å². The van der Waals surface area contributed by atoms with E-state index in [2.05, 4.69) is 5.32 Å². The molecule has 5 heteroatoms. The second-order valence-electron chi connectivity index (χ2n) is 3.59. The van der Waals surface area contributed by atoms with Gasteiger partial charge in [0.25, 0.3) is 0 Å². The maximum absolute atomic E-state index is 11.3. The normalized spacial score (nSPS) is 11.2. The predicted molar refractivity (Wildman–Crippen MR) is 70.4 cm³/mol. The lowest BCUT2D eigenvalue weighted by atomic mass is 10.2. The Morgan fingerprint density at radius 2 is 2.24 bits per heavy atom. The van der Waals surface area contributed by atoms with Crippen molar-refractivity contribution in [3.05, 3.63) is 29.8 Å². The molecule has 1 aromatic carbocycles. The van der Waals surface area contributed by atoms with E-state index >= 15 is 0 Å². The molecule has 4 nitrogen and oxygen atoms in total. The minimum Gasteiger partial charge on any atom is -0.494 e. The Morgan fingerprint density at radius 1 is 1.53 bits per heavy atom. The summed E-state index contributed by atoms with van der Waals surface area (Å²) in [5, 5.41) is 2.75. The van der Waals surface area contributed by atoms with Crippen LogP contribution in [0, 0.1) is 0 Å². The SMILES string of the molecule is CCOc1cccc(CNC(=O)[C@@H](C)N)c1.Cl. The van der Waals surface area contributed by atoms with Crippen molar-refractivity contribution in [2.24, 2.45) is 5.73 Å². The van der Waals surface area contributed by atoms with Crippen LogP contribution in [0.2, 0.25) is 0 Å². The minimum atomic E-state index is -0.477. The molecule has 0 saturated heterocycles. The number of nitrogens with two attached hydrogens (primary N) is 1. The number of nitrogens with one attached hydrogen (secondary N) is 1. The van der Waals surface area contributed by atoms with Gasteiger partial charge in [0, 0.05) is 6.54 Å². The highest BCUT2D eigenvalue weighted by molar-refractivity contribution is 5.85. The van der Waals surface area contributed by atoms with E-state index in [1.54, 1.807) is 6.92 Å². The Morgan fingerprint density at radius 3 is 2.82 bits per heavy atom. The quantitative estimate of drug-likeness (QED) is 0.841. The van der Waals surface area contributed by atoms with Crippen LogP contribution in [0.1, 0.15) is 19.4 Å². The van der Waals surface area contributed by atoms with Crippen molar-refractivity contribution in [2.45, 2.75) is 26.4 Å². The van der Waals surface area contributed by atoms with Crippen LogP contribution in [-0.2, 0) is 11.3 Å². The first kappa shape index (κ1) is 15.7. The summed E-state index contributed by atoms with van der Waals surface area (Å²) < 4.78 is 5.36. The van der Waals surface area contributed by atoms with Gasteiger partial charge in [-0.05, 0) is 31.5 Å². The zero-order valence-corrected chi connectivity index (χ0v) is 10.9. The molecule has 0 unspecified atom stereocenters. The Bertz CT molecular complexity index is 356. The van der Waals surface area contributed by atoms with Gasteiger partial charge in [0.1, 0.15) is 5.75 Å². The lowest BCUT2D eigenvalue weighted by molar-refractivity contribution is -0.122. The highest BCUT2D eigenvalue weighted by Gasteiger charge is 2.06. The topological polar surface area (TPSA) is 64.3 Å². The van der Waals surface area contributed by atoms with E-state index in [1.807, 2.05) is 31.2 Å². The number of amides is 1. The highest BCUT2D eigenvalue weighted by atomic mass is 35.5. The third-order valence-electron chi connectivity index (χ3n) is 2.09. The molecular weight excluding hydrogens is 240 g/mol. The first-order chi connectivity index (χ1) is 7.63. The molecule has 0 aliphatic carbocycles. The van der Waals surface area contributed by atoms with E-state index < -0.39 is 6.04 Å². The van der Waals surface area contributed by atoms with Crippen LogP contribution in [0.15, 0.2) is 24.3 Å². The Kier molecular flexibility index (Phi) is 7.34. The third-order valence-corrected chi connectivity index (χ3v) is 2.09. The van der Waals surface area contributed by atoms with E-state index in [0.29, 0.717) is 13.2 Å². The molecule has 0 spiro atoms. The summed E-state index contributed by atoms with van der Waals surface area (Å²) in [7, 11) is 0. The van der Waals surface area contributed by atoms with Gasteiger partial charge in [0.2, 0.25) is 5.91 Å². The largest absolute Gasteiger partial charge is 0.494 e. The molecule has 0 aliphatic heterocycles. The average Bonchev–Trinajstić information content (AvgIpc) is 2.26. The zero-order valence-electron chi connectivity index (χ0n) is 10.1. The lowest BCUT2D eigenvalue weighted by Gasteiger charge is -2.09. The molecule has 0 saturated carbocycles. The molecule has 1 amide bonds. The number of carbonyl (C=O) groups excluding carboxylic acids is 1. The molecule has 0 radical (unpaired) electrons. The maximum Gasteiger partial charge on any atom is 0.236 e. The first-order valence-electron chi connectivity index (χ1n) is 5.38. The van der Waals surface area contributed by atoms with E-state index in [4.69, 9.17) is 10.5 Å². The van der Waals surface area contributed by atoms with Crippen LogP contribution in [0.5, 0.6) is 5.75 Å². The second kappa shape index (κ2) is 7.92. The van der Waals surface area contributed by atoms with Crippen molar-refractivity contribution < 1.29 is 9.53 Å². The number of hydrogen-bond acceptors (Lipinski definition) is 3. The summed E-state index contributed by atoms with van der Waals surface area (Å²) in [6.45, 7) is 4.70. The smallest absolute Gasteiger partial charge is 0.236 e. The van der Waals surface area contributed by atoms with Crippen molar-refractivity contribution >= 4 is 18.3 Å². The van der Waals surface area contributed by atoms with Gasteiger partial charge in [0.05, 0.1) is 12.6 Å². The van der Waals surface area contributed by atoms with Crippen molar-refractivity contribution in [2.75, 3.05) is 6.61 Å². The number of hydrogen-bond donors (Lipinski definition) is 2. The maximum atomic E-state index is 11.3. The molecule has 96 valence electrons. The van der Waals surface area contributed by atoms with E-state index in [0.717, 1.165) is 11.3 Å². The van der Waals surface area contributed by atoms with Crippen molar-refractivity contribution in [1.82, 2.24) is 5.32 Å². The van der Waals surface area contributed by atoms with Crippen LogP contribution < -0.4 is 15.8 Å². The molecule has 0 fully saturated rings.